The number of ether oxygens (including phenoxy) is 2. The molecule has 2 heterocycles. The molecule has 0 bridgehead atoms. The predicted molar refractivity (Wildman–Crippen MR) is 137 cm³/mol. The molecule has 0 spiro atoms. The third-order valence-corrected chi connectivity index (χ3v) is 7.00. The van der Waals surface area contributed by atoms with Gasteiger partial charge in [0, 0.05) is 37.7 Å². The monoisotopic (exact) mass is 525 g/mol. The van der Waals surface area contributed by atoms with Crippen molar-refractivity contribution in [2.45, 2.75) is 57.0 Å². The highest BCUT2D eigenvalue weighted by Crippen LogP contribution is 2.32. The minimum atomic E-state index is -4.76. The maximum Gasteiger partial charge on any atom is 0.573 e. The average molecular weight is 526 g/mol. The number of amides is 2. The van der Waals surface area contributed by atoms with E-state index in [1.807, 2.05) is 23.1 Å². The standard InChI is InChI=1S/C29H30F3N3O3/c30-29(31,32)38-26-13-10-23(11-14-26)24-7-4-16-33-35(18-24)28(36)34-19-27(37-20-22-8-9-22)15-12-25(34)17-21-5-2-1-3-6-21/h1-6,10-11,13-14,18,22,25,27H,7-9,12,15,17,19-20H2/t25-,27-/m1/s1. The van der Waals surface area contributed by atoms with Crippen molar-refractivity contribution in [1.82, 2.24) is 9.91 Å². The van der Waals surface area contributed by atoms with Crippen LogP contribution in [-0.4, -0.2) is 53.5 Å². The summed E-state index contributed by atoms with van der Waals surface area (Å²) in [5.74, 6) is 3.14. The van der Waals surface area contributed by atoms with E-state index in [2.05, 4.69) is 27.8 Å². The van der Waals surface area contributed by atoms with Gasteiger partial charge in [-0.15, -0.1) is 18.3 Å². The number of hydrogen-bond donors (Lipinski definition) is 0. The number of nitrogens with zero attached hydrogens (tertiary/aromatic N) is 3. The fourth-order valence-corrected chi connectivity index (χ4v) is 4.80. The fraction of sp³-hybridized carbons (Fsp3) is 0.414. The zero-order chi connectivity index (χ0) is 26.5. The summed E-state index contributed by atoms with van der Waals surface area (Å²) in [5, 5.41) is 5.51. The topological polar surface area (TPSA) is 54.4 Å². The highest BCUT2D eigenvalue weighted by atomic mass is 19.4. The van der Waals surface area contributed by atoms with Crippen LogP contribution in [0.15, 0.2) is 72.0 Å². The second-order valence-corrected chi connectivity index (χ2v) is 9.96. The SMILES string of the molecule is O=C(N1C=C(c2ccc(OC(F)(F)F)cc2)CC=C=N1)N1C[C@H](OCC2CC2)CC[C@@H]1Cc1ccccc1. The number of urea groups is 1. The molecule has 38 heavy (non-hydrogen) atoms. The van der Waals surface area contributed by atoms with Gasteiger partial charge < -0.3 is 14.4 Å². The van der Waals surface area contributed by atoms with Gasteiger partial charge in [0.05, 0.1) is 6.10 Å². The molecule has 9 heteroatoms. The summed E-state index contributed by atoms with van der Waals surface area (Å²) >= 11 is 0. The number of piperidine rings is 1. The predicted octanol–water partition coefficient (Wildman–Crippen LogP) is 6.40. The van der Waals surface area contributed by atoms with E-state index in [0.29, 0.717) is 24.4 Å². The van der Waals surface area contributed by atoms with Crippen LogP contribution in [0.3, 0.4) is 0 Å². The van der Waals surface area contributed by atoms with Crippen molar-refractivity contribution >= 4 is 17.5 Å². The second-order valence-electron chi connectivity index (χ2n) is 9.96. The zero-order valence-corrected chi connectivity index (χ0v) is 20.9. The number of carbonyl (C=O) groups excluding carboxylic acids is 1. The van der Waals surface area contributed by atoms with Crippen LogP contribution in [0.25, 0.3) is 5.57 Å². The highest BCUT2D eigenvalue weighted by Gasteiger charge is 2.36. The Morgan fingerprint density at radius 2 is 1.79 bits per heavy atom. The molecule has 1 aliphatic carbocycles. The van der Waals surface area contributed by atoms with E-state index >= 15 is 0 Å². The Morgan fingerprint density at radius 1 is 1.03 bits per heavy atom. The molecule has 1 saturated carbocycles. The lowest BCUT2D eigenvalue weighted by Gasteiger charge is -2.40. The first-order valence-electron chi connectivity index (χ1n) is 12.9. The van der Waals surface area contributed by atoms with Gasteiger partial charge >= 0.3 is 12.4 Å². The Hall–Kier alpha value is -3.55. The lowest BCUT2D eigenvalue weighted by molar-refractivity contribution is -0.274. The van der Waals surface area contributed by atoms with Crippen LogP contribution in [0.2, 0.25) is 0 Å². The summed E-state index contributed by atoms with van der Waals surface area (Å²) < 4.78 is 47.8. The third kappa shape index (κ3) is 7.05. The molecule has 2 amide bonds. The van der Waals surface area contributed by atoms with E-state index < -0.39 is 6.36 Å². The Labute approximate surface area is 220 Å². The lowest BCUT2D eigenvalue weighted by Crippen LogP contribution is -2.53. The number of alkyl halides is 3. The van der Waals surface area contributed by atoms with E-state index in [4.69, 9.17) is 4.74 Å². The highest BCUT2D eigenvalue weighted by molar-refractivity contribution is 5.81. The van der Waals surface area contributed by atoms with E-state index in [1.54, 1.807) is 12.3 Å². The van der Waals surface area contributed by atoms with Crippen LogP contribution in [0.1, 0.15) is 43.2 Å². The molecule has 5 rings (SSSR count). The van der Waals surface area contributed by atoms with Crippen molar-refractivity contribution in [3.63, 3.8) is 0 Å². The summed E-state index contributed by atoms with van der Waals surface area (Å²) in [6.07, 6.45) is 3.82. The van der Waals surface area contributed by atoms with Gasteiger partial charge in [-0.05, 0) is 72.9 Å². The van der Waals surface area contributed by atoms with E-state index in [1.165, 1.54) is 42.1 Å². The minimum absolute atomic E-state index is 0.0104. The van der Waals surface area contributed by atoms with Crippen LogP contribution in [0, 0.1) is 5.92 Å². The number of rotatable bonds is 7. The molecule has 200 valence electrons. The molecule has 0 N–H and O–H groups in total. The molecule has 6 nitrogen and oxygen atoms in total. The van der Waals surface area contributed by atoms with Crippen molar-refractivity contribution < 1.29 is 27.4 Å². The zero-order valence-electron chi connectivity index (χ0n) is 20.9. The number of hydrogen-bond acceptors (Lipinski definition) is 4. The number of hydrazone groups is 1. The van der Waals surface area contributed by atoms with E-state index in [9.17, 15) is 18.0 Å². The summed E-state index contributed by atoms with van der Waals surface area (Å²) in [5.41, 5.74) is 2.55. The molecular weight excluding hydrogens is 495 g/mol. The van der Waals surface area contributed by atoms with Crippen LogP contribution in [0.5, 0.6) is 5.75 Å². The second kappa shape index (κ2) is 11.5. The smallest absolute Gasteiger partial charge is 0.406 e. The molecule has 2 aliphatic heterocycles. The number of allylic oxidation sites excluding steroid dienone is 2. The van der Waals surface area contributed by atoms with Gasteiger partial charge in [-0.25, -0.2) is 4.79 Å². The minimum Gasteiger partial charge on any atom is -0.406 e. The Bertz CT molecular complexity index is 1200. The normalized spacial score (nSPS) is 21.7. The number of benzene rings is 2. The number of carbonyl (C=O) groups is 1. The van der Waals surface area contributed by atoms with Crippen molar-refractivity contribution in [3.05, 3.63) is 78.0 Å². The van der Waals surface area contributed by atoms with Crippen LogP contribution < -0.4 is 4.74 Å². The van der Waals surface area contributed by atoms with E-state index in [0.717, 1.165) is 37.0 Å². The summed E-state index contributed by atoms with van der Waals surface area (Å²) in [4.78, 5) is 15.7. The average Bonchev–Trinajstić information content (AvgIpc) is 3.75. The van der Waals surface area contributed by atoms with Crippen molar-refractivity contribution in [2.24, 2.45) is 11.0 Å². The van der Waals surface area contributed by atoms with Gasteiger partial charge in [-0.1, -0.05) is 42.5 Å². The lowest BCUT2D eigenvalue weighted by atomic mass is 9.94. The van der Waals surface area contributed by atoms with Crippen LogP contribution >= 0.6 is 0 Å². The van der Waals surface area contributed by atoms with Gasteiger partial charge in [0.25, 0.3) is 0 Å². The van der Waals surface area contributed by atoms with Gasteiger partial charge in [0.15, 0.2) is 0 Å². The first-order chi connectivity index (χ1) is 18.3. The number of likely N-dealkylation sites (tertiary alicyclic amines) is 1. The van der Waals surface area contributed by atoms with Crippen molar-refractivity contribution in [3.8, 4) is 5.75 Å². The number of halogens is 3. The van der Waals surface area contributed by atoms with Gasteiger partial charge in [0.2, 0.25) is 0 Å². The molecule has 2 aromatic rings. The molecular formula is C29H30F3N3O3. The quantitative estimate of drug-likeness (QED) is 0.421. The van der Waals surface area contributed by atoms with Gasteiger partial charge in [-0.3, -0.25) is 0 Å². The Morgan fingerprint density at radius 3 is 2.50 bits per heavy atom. The molecule has 1 saturated heterocycles. The Balaban J connectivity index is 1.34. The molecule has 0 radical (unpaired) electrons. The van der Waals surface area contributed by atoms with E-state index in [-0.39, 0.29) is 23.9 Å². The fourth-order valence-electron chi connectivity index (χ4n) is 4.80. The van der Waals surface area contributed by atoms with Gasteiger partial charge in [-0.2, -0.15) is 5.01 Å². The third-order valence-electron chi connectivity index (χ3n) is 7.00. The molecule has 3 aliphatic rings. The van der Waals surface area contributed by atoms with Gasteiger partial charge in [0.1, 0.15) is 5.75 Å². The van der Waals surface area contributed by atoms with Crippen molar-refractivity contribution in [2.75, 3.05) is 13.2 Å². The molecule has 0 aromatic heterocycles. The largest absolute Gasteiger partial charge is 0.573 e. The molecule has 0 unspecified atom stereocenters. The van der Waals surface area contributed by atoms with Crippen LogP contribution in [0.4, 0.5) is 18.0 Å². The summed E-state index contributed by atoms with van der Waals surface area (Å²) in [6, 6.07) is 15.4. The molecule has 2 aromatic carbocycles. The summed E-state index contributed by atoms with van der Waals surface area (Å²) in [7, 11) is 0. The Kier molecular flexibility index (Phi) is 7.86. The molecule has 2 fully saturated rings. The first kappa shape index (κ1) is 26.1. The van der Waals surface area contributed by atoms with Crippen LogP contribution in [-0.2, 0) is 11.2 Å². The van der Waals surface area contributed by atoms with Crippen molar-refractivity contribution in [1.29, 1.82) is 0 Å². The summed E-state index contributed by atoms with van der Waals surface area (Å²) in [6.45, 7) is 1.21. The maximum atomic E-state index is 13.8. The molecule has 2 atom stereocenters. The first-order valence-corrected chi connectivity index (χ1v) is 12.9. The maximum absolute atomic E-state index is 13.8.